The number of rotatable bonds is 5. The first-order valence-corrected chi connectivity index (χ1v) is 5.48. The predicted molar refractivity (Wildman–Crippen MR) is 57.1 cm³/mol. The Bertz CT molecular complexity index is 151. The van der Waals surface area contributed by atoms with Gasteiger partial charge in [0.25, 0.3) is 0 Å². The minimum absolute atomic E-state index is 0.0466. The molecule has 0 aromatic heterocycles. The summed E-state index contributed by atoms with van der Waals surface area (Å²) in [6.07, 6.45) is 1.96. The van der Waals surface area contributed by atoms with Crippen LogP contribution in [0.5, 0.6) is 0 Å². The smallest absolute Gasteiger partial charge is 0.237 e. The number of hydrogen-bond donors (Lipinski definition) is 0. The van der Waals surface area contributed by atoms with Crippen molar-refractivity contribution in [3.8, 4) is 0 Å². The molecule has 0 bridgehead atoms. The van der Waals surface area contributed by atoms with Crippen LogP contribution in [0.3, 0.4) is 0 Å². The standard InChI is InChI=1S/C10H20ClNO/c1-5-8(3)12(9(4)6-2)10(13)7-11/h8-9H,5-7H2,1-4H3. The fourth-order valence-corrected chi connectivity index (χ4v) is 1.53. The van der Waals surface area contributed by atoms with Crippen LogP contribution in [0.15, 0.2) is 0 Å². The minimum atomic E-state index is 0.0466. The van der Waals surface area contributed by atoms with E-state index in [1.807, 2.05) is 4.90 Å². The number of hydrogen-bond acceptors (Lipinski definition) is 1. The molecule has 78 valence electrons. The fraction of sp³-hybridized carbons (Fsp3) is 0.900. The Morgan fingerprint density at radius 3 is 1.85 bits per heavy atom. The second kappa shape index (κ2) is 6.25. The Labute approximate surface area is 86.2 Å². The van der Waals surface area contributed by atoms with Gasteiger partial charge < -0.3 is 4.90 Å². The first kappa shape index (κ1) is 12.8. The van der Waals surface area contributed by atoms with Crippen molar-refractivity contribution in [3.05, 3.63) is 0 Å². The van der Waals surface area contributed by atoms with Crippen LogP contribution < -0.4 is 0 Å². The van der Waals surface area contributed by atoms with Crippen LogP contribution in [0, 0.1) is 0 Å². The normalized spacial score (nSPS) is 15.2. The number of carbonyl (C=O) groups excluding carboxylic acids is 1. The molecule has 0 rings (SSSR count). The molecule has 2 nitrogen and oxygen atoms in total. The number of alkyl halides is 1. The van der Waals surface area contributed by atoms with Crippen molar-refractivity contribution in [2.75, 3.05) is 5.88 Å². The summed E-state index contributed by atoms with van der Waals surface area (Å²) < 4.78 is 0. The lowest BCUT2D eigenvalue weighted by molar-refractivity contribution is -0.132. The molecule has 0 saturated heterocycles. The fourth-order valence-electron chi connectivity index (χ4n) is 1.39. The molecular formula is C10H20ClNO. The van der Waals surface area contributed by atoms with Gasteiger partial charge in [-0.25, -0.2) is 0 Å². The van der Waals surface area contributed by atoms with Gasteiger partial charge in [0.2, 0.25) is 5.91 Å². The van der Waals surface area contributed by atoms with E-state index in [-0.39, 0.29) is 11.8 Å². The Balaban J connectivity index is 4.44. The van der Waals surface area contributed by atoms with Gasteiger partial charge in [-0.3, -0.25) is 4.79 Å². The van der Waals surface area contributed by atoms with Gasteiger partial charge in [0, 0.05) is 12.1 Å². The summed E-state index contributed by atoms with van der Waals surface area (Å²) >= 11 is 5.56. The Morgan fingerprint density at radius 2 is 1.62 bits per heavy atom. The molecule has 0 aromatic carbocycles. The lowest BCUT2D eigenvalue weighted by Crippen LogP contribution is -2.44. The predicted octanol–water partition coefficient (Wildman–Crippen LogP) is 2.65. The third kappa shape index (κ3) is 3.55. The van der Waals surface area contributed by atoms with E-state index in [0.717, 1.165) is 12.8 Å². The lowest BCUT2D eigenvalue weighted by atomic mass is 10.1. The highest BCUT2D eigenvalue weighted by Crippen LogP contribution is 2.12. The molecule has 2 unspecified atom stereocenters. The highest BCUT2D eigenvalue weighted by molar-refractivity contribution is 6.27. The van der Waals surface area contributed by atoms with E-state index in [0.29, 0.717) is 12.1 Å². The third-order valence-electron chi connectivity index (χ3n) is 2.53. The van der Waals surface area contributed by atoms with Crippen molar-refractivity contribution in [1.82, 2.24) is 4.90 Å². The maximum atomic E-state index is 11.5. The van der Waals surface area contributed by atoms with Crippen molar-refractivity contribution in [2.24, 2.45) is 0 Å². The summed E-state index contributed by atoms with van der Waals surface area (Å²) in [7, 11) is 0. The average molecular weight is 206 g/mol. The van der Waals surface area contributed by atoms with Crippen LogP contribution in [0.4, 0.5) is 0 Å². The molecule has 0 fully saturated rings. The molecule has 13 heavy (non-hydrogen) atoms. The summed E-state index contributed by atoms with van der Waals surface area (Å²) in [5.41, 5.74) is 0. The molecule has 2 atom stereocenters. The zero-order valence-electron chi connectivity index (χ0n) is 9.01. The molecule has 0 aromatic rings. The van der Waals surface area contributed by atoms with E-state index in [4.69, 9.17) is 11.6 Å². The van der Waals surface area contributed by atoms with Crippen molar-refractivity contribution in [3.63, 3.8) is 0 Å². The van der Waals surface area contributed by atoms with Gasteiger partial charge in [0.1, 0.15) is 5.88 Å². The maximum Gasteiger partial charge on any atom is 0.237 e. The maximum absolute atomic E-state index is 11.5. The van der Waals surface area contributed by atoms with E-state index >= 15 is 0 Å². The molecule has 0 aliphatic rings. The number of carbonyl (C=O) groups is 1. The topological polar surface area (TPSA) is 20.3 Å². The average Bonchev–Trinajstić information content (AvgIpc) is 2.16. The summed E-state index contributed by atoms with van der Waals surface area (Å²) in [4.78, 5) is 13.4. The lowest BCUT2D eigenvalue weighted by Gasteiger charge is -2.33. The van der Waals surface area contributed by atoms with Gasteiger partial charge in [0.05, 0.1) is 0 Å². The van der Waals surface area contributed by atoms with Gasteiger partial charge in [-0.15, -0.1) is 11.6 Å². The molecule has 3 heteroatoms. The molecule has 0 heterocycles. The monoisotopic (exact) mass is 205 g/mol. The van der Waals surface area contributed by atoms with E-state index in [1.165, 1.54) is 0 Å². The molecule has 0 saturated carbocycles. The highest BCUT2D eigenvalue weighted by atomic mass is 35.5. The second-order valence-electron chi connectivity index (χ2n) is 3.45. The molecule has 0 aliphatic carbocycles. The minimum Gasteiger partial charge on any atom is -0.336 e. The van der Waals surface area contributed by atoms with E-state index in [2.05, 4.69) is 27.7 Å². The van der Waals surface area contributed by atoms with Gasteiger partial charge in [-0.2, -0.15) is 0 Å². The second-order valence-corrected chi connectivity index (χ2v) is 3.72. The van der Waals surface area contributed by atoms with Crippen molar-refractivity contribution >= 4 is 17.5 Å². The molecule has 1 amide bonds. The summed E-state index contributed by atoms with van der Waals surface area (Å²) in [5.74, 6) is 0.139. The summed E-state index contributed by atoms with van der Waals surface area (Å²) in [6, 6.07) is 0.586. The van der Waals surface area contributed by atoms with Crippen LogP contribution in [0.25, 0.3) is 0 Å². The molecule has 0 aliphatic heterocycles. The molecule has 0 N–H and O–H groups in total. The molecule has 0 spiro atoms. The highest BCUT2D eigenvalue weighted by Gasteiger charge is 2.22. The Morgan fingerprint density at radius 1 is 1.23 bits per heavy atom. The van der Waals surface area contributed by atoms with Gasteiger partial charge in [-0.1, -0.05) is 13.8 Å². The SMILES string of the molecule is CCC(C)N(C(=O)CCl)C(C)CC. The third-order valence-corrected chi connectivity index (χ3v) is 2.76. The van der Waals surface area contributed by atoms with Crippen LogP contribution in [-0.2, 0) is 4.79 Å². The number of nitrogens with zero attached hydrogens (tertiary/aromatic N) is 1. The zero-order valence-corrected chi connectivity index (χ0v) is 9.77. The summed E-state index contributed by atoms with van der Waals surface area (Å²) in [5, 5.41) is 0. The van der Waals surface area contributed by atoms with Crippen molar-refractivity contribution in [1.29, 1.82) is 0 Å². The molecular weight excluding hydrogens is 186 g/mol. The van der Waals surface area contributed by atoms with Crippen LogP contribution >= 0.6 is 11.6 Å². The largest absolute Gasteiger partial charge is 0.336 e. The Kier molecular flexibility index (Phi) is 6.13. The summed E-state index contributed by atoms with van der Waals surface area (Å²) in [6.45, 7) is 8.30. The van der Waals surface area contributed by atoms with E-state index in [9.17, 15) is 4.79 Å². The first-order valence-electron chi connectivity index (χ1n) is 4.95. The van der Waals surface area contributed by atoms with Gasteiger partial charge >= 0.3 is 0 Å². The zero-order chi connectivity index (χ0) is 10.4. The quantitative estimate of drug-likeness (QED) is 0.632. The molecule has 0 radical (unpaired) electrons. The Hall–Kier alpha value is -0.240. The van der Waals surface area contributed by atoms with Crippen LogP contribution in [-0.4, -0.2) is 28.8 Å². The van der Waals surface area contributed by atoms with Crippen molar-refractivity contribution < 1.29 is 4.79 Å². The van der Waals surface area contributed by atoms with Gasteiger partial charge in [0.15, 0.2) is 0 Å². The number of halogens is 1. The van der Waals surface area contributed by atoms with E-state index < -0.39 is 0 Å². The van der Waals surface area contributed by atoms with Crippen molar-refractivity contribution in [2.45, 2.75) is 52.6 Å². The first-order chi connectivity index (χ1) is 6.08. The van der Waals surface area contributed by atoms with E-state index in [1.54, 1.807) is 0 Å². The van der Waals surface area contributed by atoms with Crippen LogP contribution in [0.2, 0.25) is 0 Å². The number of amides is 1. The van der Waals surface area contributed by atoms with Crippen LogP contribution in [0.1, 0.15) is 40.5 Å². The van der Waals surface area contributed by atoms with Gasteiger partial charge in [-0.05, 0) is 26.7 Å².